The van der Waals surface area contributed by atoms with Gasteiger partial charge in [0.05, 0.1) is 29.4 Å². The molecular weight excluding hydrogens is 561 g/mol. The lowest BCUT2D eigenvalue weighted by atomic mass is 10.2. The summed E-state index contributed by atoms with van der Waals surface area (Å²) in [4.78, 5) is 0. The summed E-state index contributed by atoms with van der Waals surface area (Å²) < 4.78 is 0. The Morgan fingerprint density at radius 2 is 0.800 bits per heavy atom. The van der Waals surface area contributed by atoms with Crippen molar-refractivity contribution in [1.29, 1.82) is 0 Å². The normalized spacial score (nSPS) is 18.6. The Kier molecular flexibility index (Phi) is 9.18. The molecule has 0 saturated carbocycles. The molecule has 5 heteroatoms. The Morgan fingerprint density at radius 1 is 0.500 bits per heavy atom. The van der Waals surface area contributed by atoms with Gasteiger partial charge in [-0.15, -0.1) is 0 Å². The monoisotopic (exact) mass is 630 g/mol. The van der Waals surface area contributed by atoms with Crippen LogP contribution in [0.25, 0.3) is 0 Å². The zero-order chi connectivity index (χ0) is 32.0. The number of rotatable bonds is 4. The third-order valence-corrected chi connectivity index (χ3v) is 107. The van der Waals surface area contributed by atoms with Gasteiger partial charge in [0, 0.05) is 0 Å². The molecule has 0 aliphatic carbocycles. The minimum atomic E-state index is -1.92. The van der Waals surface area contributed by atoms with Gasteiger partial charge < -0.3 is 0 Å². The molecule has 0 nitrogen and oxygen atoms in total. The quantitative estimate of drug-likeness (QED) is 0.290. The Bertz CT molecular complexity index is 1020. The van der Waals surface area contributed by atoms with Gasteiger partial charge in [-0.1, -0.05) is 180 Å². The van der Waals surface area contributed by atoms with Crippen molar-refractivity contribution in [3.63, 3.8) is 0 Å². The summed E-state index contributed by atoms with van der Waals surface area (Å²) in [5, 5.41) is 4.16. The molecule has 0 radical (unpaired) electrons. The van der Waals surface area contributed by atoms with Crippen LogP contribution in [0.5, 0.6) is 0 Å². The summed E-state index contributed by atoms with van der Waals surface area (Å²) in [6, 6.07) is 13.4. The lowest BCUT2D eigenvalue weighted by Crippen LogP contribution is -2.97. The molecule has 0 fully saturated rings. The highest BCUT2D eigenvalue weighted by atomic mass is 30.0. The highest BCUT2D eigenvalue weighted by Gasteiger charge is 2.81. The van der Waals surface area contributed by atoms with Crippen LogP contribution in [0.4, 0.5) is 0 Å². The zero-order valence-electron chi connectivity index (χ0n) is 31.1. The fourth-order valence-electron chi connectivity index (χ4n) is 10.2. The van der Waals surface area contributed by atoms with Crippen LogP contribution in [0.3, 0.4) is 0 Å². The van der Waals surface area contributed by atoms with Crippen molar-refractivity contribution in [3.05, 3.63) is 35.9 Å². The Balaban J connectivity index is 3.54. The number of hydrogen-bond acceptors (Lipinski definition) is 0. The fraction of sp³-hybridized carbons (Fsp3) is 0.800. The smallest absolute Gasteiger partial charge is 0.0686 e. The molecule has 0 atom stereocenters. The third-order valence-electron chi connectivity index (χ3n) is 13.5. The fourth-order valence-corrected chi connectivity index (χ4v) is 159. The summed E-state index contributed by atoms with van der Waals surface area (Å²) in [7, 11) is -6.54. The van der Waals surface area contributed by atoms with Crippen LogP contribution in [0.1, 0.15) is 130 Å². The van der Waals surface area contributed by atoms with E-state index in [4.69, 9.17) is 0 Å². The van der Waals surface area contributed by atoms with Gasteiger partial charge in [0.15, 0.2) is 0 Å². The Labute approximate surface area is 257 Å². The van der Waals surface area contributed by atoms with Crippen molar-refractivity contribution < 1.29 is 0 Å². The van der Waals surface area contributed by atoms with Crippen molar-refractivity contribution in [2.24, 2.45) is 0 Å². The van der Waals surface area contributed by atoms with Crippen LogP contribution in [-0.4, -0.2) is 42.0 Å². The molecule has 1 heterocycles. The second-order valence-corrected chi connectivity index (χ2v) is 65.1. The second-order valence-electron chi connectivity index (χ2n) is 20.2. The SMILES string of the molecule is CC(C)(C)[Si](C)([Si]1=C(c2ccccc2)C[Si]1([Si](C)(C(C)(C)C)C(C)(C)C)[Si](C)(C(C)(C)C)C(C)(C)C)C(C)(C)C. The second kappa shape index (κ2) is 10.1. The predicted octanol–water partition coefficient (Wildman–Crippen LogP) is 12.1. The molecule has 0 amide bonds. The van der Waals surface area contributed by atoms with Gasteiger partial charge in [0.2, 0.25) is 0 Å². The highest BCUT2D eigenvalue weighted by Crippen LogP contribution is 2.70. The largest absolute Gasteiger partial charge is 0.0705 e. The van der Waals surface area contributed by atoms with Crippen LogP contribution < -0.4 is 0 Å². The third kappa shape index (κ3) is 4.77. The minimum absolute atomic E-state index is 0.356. The molecule has 2 rings (SSSR count). The van der Waals surface area contributed by atoms with Gasteiger partial charge in [0.1, 0.15) is 0 Å². The van der Waals surface area contributed by atoms with Crippen molar-refractivity contribution in [2.75, 3.05) is 0 Å². The first kappa shape index (κ1) is 36.4. The van der Waals surface area contributed by atoms with E-state index in [1.807, 2.05) is 5.17 Å². The summed E-state index contributed by atoms with van der Waals surface area (Å²) >= 11 is 0. The molecule has 1 aromatic rings. The molecule has 230 valence electrons. The summed E-state index contributed by atoms with van der Waals surface area (Å²) in [6.45, 7) is 55.4. The van der Waals surface area contributed by atoms with Crippen LogP contribution in [0.15, 0.2) is 30.3 Å². The van der Waals surface area contributed by atoms with E-state index < -0.39 is 36.8 Å². The maximum Gasteiger partial charge on any atom is 0.0686 e. The van der Waals surface area contributed by atoms with Gasteiger partial charge in [0.25, 0.3) is 0 Å². The Morgan fingerprint density at radius 3 is 1.05 bits per heavy atom. The zero-order valence-corrected chi connectivity index (χ0v) is 36.1. The Hall–Kier alpha value is 0.174. The van der Waals surface area contributed by atoms with Crippen molar-refractivity contribution >= 4 is 42.0 Å². The number of benzene rings is 1. The van der Waals surface area contributed by atoms with E-state index in [-0.39, 0.29) is 0 Å². The molecule has 0 aromatic heterocycles. The van der Waals surface area contributed by atoms with Crippen LogP contribution in [0, 0.1) is 0 Å². The van der Waals surface area contributed by atoms with Gasteiger partial charge in [-0.05, 0) is 49.3 Å². The maximum absolute atomic E-state index is 2.99. The van der Waals surface area contributed by atoms with E-state index in [1.165, 1.54) is 6.04 Å². The number of hydrogen-bond donors (Lipinski definition) is 0. The lowest BCUT2D eigenvalue weighted by molar-refractivity contribution is 0.622. The summed E-state index contributed by atoms with van der Waals surface area (Å²) in [5.74, 6) is 0. The topological polar surface area (TPSA) is 0 Å². The van der Waals surface area contributed by atoms with Crippen molar-refractivity contribution in [3.8, 4) is 0 Å². The van der Waals surface area contributed by atoms with E-state index in [0.717, 1.165) is 0 Å². The van der Waals surface area contributed by atoms with E-state index in [9.17, 15) is 0 Å². The average molecular weight is 631 g/mol. The van der Waals surface area contributed by atoms with Crippen LogP contribution >= 0.6 is 0 Å². The predicted molar refractivity (Wildman–Crippen MR) is 200 cm³/mol. The van der Waals surface area contributed by atoms with Gasteiger partial charge >= 0.3 is 0 Å². The molecule has 1 aliphatic rings. The van der Waals surface area contributed by atoms with Gasteiger partial charge in [-0.2, -0.15) is 0 Å². The first-order chi connectivity index (χ1) is 17.3. The van der Waals surface area contributed by atoms with Gasteiger partial charge in [-0.25, -0.2) is 0 Å². The molecule has 0 bridgehead atoms. The van der Waals surface area contributed by atoms with E-state index in [2.05, 4.69) is 175 Å². The highest BCUT2D eigenvalue weighted by molar-refractivity contribution is 7.99. The molecular formula is C35H70Si5. The maximum atomic E-state index is 2.99. The molecule has 0 unspecified atom stereocenters. The summed E-state index contributed by atoms with van der Waals surface area (Å²) in [6.07, 6.45) is 0. The van der Waals surface area contributed by atoms with Crippen molar-refractivity contribution in [2.45, 2.75) is 181 Å². The molecule has 0 N–H and O–H groups in total. The first-order valence-corrected chi connectivity index (χ1v) is 31.3. The summed E-state index contributed by atoms with van der Waals surface area (Å²) in [5.41, 5.74) is 1.62. The lowest BCUT2D eigenvalue weighted by Gasteiger charge is -2.77. The van der Waals surface area contributed by atoms with Crippen molar-refractivity contribution in [1.82, 2.24) is 0 Å². The van der Waals surface area contributed by atoms with Crippen LogP contribution in [-0.2, 0) is 0 Å². The molecule has 1 aliphatic heterocycles. The standard InChI is InChI=1S/C35H70Si5/c1-30(2,3)37(19,31(4,5)6)36-29(28-25-23-22-24-26-28)27-40(36,38(20,32(7,8)9)33(10,11)12)39(21,34(13,14)15)35(16,17)18/h22-26H,27H2,1-21H3. The van der Waals surface area contributed by atoms with E-state index in [0.29, 0.717) is 30.2 Å². The molecule has 1 aromatic carbocycles. The molecule has 0 spiro atoms. The first-order valence-electron chi connectivity index (χ1n) is 16.1. The van der Waals surface area contributed by atoms with Crippen LogP contribution in [0.2, 0.25) is 55.9 Å². The molecule has 40 heavy (non-hydrogen) atoms. The van der Waals surface area contributed by atoms with E-state index in [1.54, 1.807) is 5.56 Å². The average Bonchev–Trinajstić information content (AvgIpc) is 2.68. The molecule has 0 saturated heterocycles. The minimum Gasteiger partial charge on any atom is -0.0705 e. The van der Waals surface area contributed by atoms with Gasteiger partial charge in [-0.3, -0.25) is 0 Å². The van der Waals surface area contributed by atoms with E-state index >= 15 is 0 Å².